The first-order valence-electron chi connectivity index (χ1n) is 10.6. The molecule has 0 bridgehead atoms. The van der Waals surface area contributed by atoms with Crippen molar-refractivity contribution in [1.82, 2.24) is 19.9 Å². The lowest BCUT2D eigenvalue weighted by atomic mass is 10.1. The lowest BCUT2D eigenvalue weighted by molar-refractivity contribution is -0.130. The van der Waals surface area contributed by atoms with Gasteiger partial charge < -0.3 is 20.5 Å². The van der Waals surface area contributed by atoms with Crippen LogP contribution in [0.15, 0.2) is 30.5 Å². The molecule has 0 spiro atoms. The molecule has 1 fully saturated rings. The van der Waals surface area contributed by atoms with E-state index < -0.39 is 0 Å². The molecule has 3 heterocycles. The van der Waals surface area contributed by atoms with Gasteiger partial charge in [-0.15, -0.1) is 0 Å². The molecule has 0 unspecified atom stereocenters. The average Bonchev–Trinajstić information content (AvgIpc) is 3.21. The van der Waals surface area contributed by atoms with E-state index >= 15 is 0 Å². The molecule has 0 radical (unpaired) electrons. The Kier molecular flexibility index (Phi) is 6.83. The number of H-pyrrole nitrogens is 1. The van der Waals surface area contributed by atoms with Gasteiger partial charge in [0.2, 0.25) is 5.91 Å². The Morgan fingerprint density at radius 2 is 2.06 bits per heavy atom. The number of aryl methyl sites for hydroxylation is 1. The van der Waals surface area contributed by atoms with Crippen LogP contribution in [0.3, 0.4) is 0 Å². The van der Waals surface area contributed by atoms with Gasteiger partial charge >= 0.3 is 0 Å². The van der Waals surface area contributed by atoms with E-state index in [-0.39, 0.29) is 18.5 Å². The molecule has 7 nitrogen and oxygen atoms in total. The molecule has 0 saturated carbocycles. The van der Waals surface area contributed by atoms with Crippen LogP contribution in [0.25, 0.3) is 11.0 Å². The van der Waals surface area contributed by atoms with Gasteiger partial charge in [0.05, 0.1) is 11.9 Å². The number of halogens is 2. The standard InChI is InChI=1S/C22H26Cl2N6O/c1-2-4-19-28-21-18(6-7-25-21)22(29-19)27-16-5-3-8-30(13-16)20(31)12-26-17-10-14(23)9-15(24)11-17/h6-7,9-11,16,26H,2-5,8,12-13H2,1H3,(H2,25,27,28,29)/t16-/m0/s1. The third-order valence-corrected chi connectivity index (χ3v) is 5.79. The third kappa shape index (κ3) is 5.40. The second-order valence-electron chi connectivity index (χ2n) is 7.81. The van der Waals surface area contributed by atoms with Gasteiger partial charge in [0.15, 0.2) is 0 Å². The maximum Gasteiger partial charge on any atom is 0.241 e. The highest BCUT2D eigenvalue weighted by Crippen LogP contribution is 2.24. The lowest BCUT2D eigenvalue weighted by Gasteiger charge is -2.33. The van der Waals surface area contributed by atoms with E-state index in [9.17, 15) is 4.79 Å². The molecule has 4 rings (SSSR count). The predicted molar refractivity (Wildman–Crippen MR) is 126 cm³/mol. The van der Waals surface area contributed by atoms with Crippen molar-refractivity contribution in [2.24, 2.45) is 0 Å². The second kappa shape index (κ2) is 9.75. The predicted octanol–water partition coefficient (Wildman–Crippen LogP) is 4.73. The van der Waals surface area contributed by atoms with Gasteiger partial charge in [0, 0.05) is 47.5 Å². The fraction of sp³-hybridized carbons (Fsp3) is 0.409. The Balaban J connectivity index is 1.40. The summed E-state index contributed by atoms with van der Waals surface area (Å²) < 4.78 is 0. The number of aromatic amines is 1. The minimum Gasteiger partial charge on any atom is -0.376 e. The highest BCUT2D eigenvalue weighted by atomic mass is 35.5. The van der Waals surface area contributed by atoms with Gasteiger partial charge in [-0.25, -0.2) is 9.97 Å². The second-order valence-corrected chi connectivity index (χ2v) is 8.69. The Hall–Kier alpha value is -2.51. The molecule has 0 aliphatic carbocycles. The minimum absolute atomic E-state index is 0.0451. The molecule has 1 saturated heterocycles. The Labute approximate surface area is 191 Å². The van der Waals surface area contributed by atoms with Crippen LogP contribution in [0, 0.1) is 0 Å². The number of hydrogen-bond donors (Lipinski definition) is 3. The molecule has 2 aromatic heterocycles. The van der Waals surface area contributed by atoms with Crippen molar-refractivity contribution < 1.29 is 4.79 Å². The molecular weight excluding hydrogens is 435 g/mol. The Morgan fingerprint density at radius 1 is 1.26 bits per heavy atom. The normalized spacial score (nSPS) is 16.5. The van der Waals surface area contributed by atoms with Crippen LogP contribution in [0.4, 0.5) is 11.5 Å². The molecule has 1 aromatic carbocycles. The molecule has 31 heavy (non-hydrogen) atoms. The van der Waals surface area contributed by atoms with E-state index in [0.717, 1.165) is 60.6 Å². The van der Waals surface area contributed by atoms with Crippen LogP contribution in [0.5, 0.6) is 0 Å². The summed E-state index contributed by atoms with van der Waals surface area (Å²) in [6.45, 7) is 3.69. The summed E-state index contributed by atoms with van der Waals surface area (Å²) >= 11 is 12.1. The van der Waals surface area contributed by atoms with Crippen LogP contribution < -0.4 is 10.6 Å². The monoisotopic (exact) mass is 460 g/mol. The summed E-state index contributed by atoms with van der Waals surface area (Å²) in [5.74, 6) is 1.71. The zero-order valence-corrected chi connectivity index (χ0v) is 18.9. The fourth-order valence-corrected chi connectivity index (χ4v) is 4.42. The number of benzene rings is 1. The maximum absolute atomic E-state index is 12.8. The van der Waals surface area contributed by atoms with Crippen molar-refractivity contribution in [1.29, 1.82) is 0 Å². The van der Waals surface area contributed by atoms with Gasteiger partial charge in [0.25, 0.3) is 0 Å². The van der Waals surface area contributed by atoms with E-state index in [1.165, 1.54) is 0 Å². The van der Waals surface area contributed by atoms with Crippen molar-refractivity contribution >= 4 is 51.6 Å². The number of fused-ring (bicyclic) bond motifs is 1. The number of piperidine rings is 1. The topological polar surface area (TPSA) is 85.9 Å². The Morgan fingerprint density at radius 3 is 2.84 bits per heavy atom. The van der Waals surface area contributed by atoms with Crippen LogP contribution in [-0.2, 0) is 11.2 Å². The van der Waals surface area contributed by atoms with Gasteiger partial charge in [-0.2, -0.15) is 0 Å². The molecular formula is C22H26Cl2N6O. The number of carbonyl (C=O) groups excluding carboxylic acids is 1. The largest absolute Gasteiger partial charge is 0.376 e. The summed E-state index contributed by atoms with van der Waals surface area (Å²) in [4.78, 5) is 27.2. The summed E-state index contributed by atoms with van der Waals surface area (Å²) in [5, 5.41) is 8.73. The molecule has 164 valence electrons. The van der Waals surface area contributed by atoms with Crippen molar-refractivity contribution in [3.05, 3.63) is 46.3 Å². The Bertz CT molecular complexity index is 1050. The number of carbonyl (C=O) groups is 1. The maximum atomic E-state index is 12.8. The zero-order chi connectivity index (χ0) is 21.8. The number of hydrogen-bond acceptors (Lipinski definition) is 5. The van der Waals surface area contributed by atoms with Gasteiger partial charge in [0.1, 0.15) is 17.3 Å². The number of aromatic nitrogens is 3. The van der Waals surface area contributed by atoms with E-state index in [2.05, 4.69) is 27.5 Å². The molecule has 3 aromatic rings. The molecule has 1 aliphatic heterocycles. The zero-order valence-electron chi connectivity index (χ0n) is 17.4. The van der Waals surface area contributed by atoms with E-state index in [1.807, 2.05) is 17.2 Å². The number of nitrogens with one attached hydrogen (secondary N) is 3. The number of amides is 1. The van der Waals surface area contributed by atoms with Gasteiger partial charge in [-0.1, -0.05) is 30.1 Å². The minimum atomic E-state index is 0.0451. The number of rotatable bonds is 7. The number of likely N-dealkylation sites (tertiary alicyclic amines) is 1. The number of anilines is 2. The quantitative estimate of drug-likeness (QED) is 0.474. The van der Waals surface area contributed by atoms with Crippen LogP contribution in [-0.4, -0.2) is 51.4 Å². The van der Waals surface area contributed by atoms with E-state index in [0.29, 0.717) is 16.6 Å². The van der Waals surface area contributed by atoms with Gasteiger partial charge in [-0.05, 0) is 43.5 Å². The summed E-state index contributed by atoms with van der Waals surface area (Å²) in [6.07, 6.45) is 5.63. The van der Waals surface area contributed by atoms with Crippen LogP contribution in [0.1, 0.15) is 32.0 Å². The molecule has 1 aliphatic rings. The van der Waals surface area contributed by atoms with E-state index in [1.54, 1.807) is 18.2 Å². The van der Waals surface area contributed by atoms with Crippen LogP contribution in [0.2, 0.25) is 10.0 Å². The van der Waals surface area contributed by atoms with Crippen molar-refractivity contribution in [3.8, 4) is 0 Å². The van der Waals surface area contributed by atoms with Crippen LogP contribution >= 0.6 is 23.2 Å². The van der Waals surface area contributed by atoms with Crippen molar-refractivity contribution in [2.75, 3.05) is 30.3 Å². The smallest absolute Gasteiger partial charge is 0.241 e. The van der Waals surface area contributed by atoms with Crippen molar-refractivity contribution in [2.45, 2.75) is 38.6 Å². The van der Waals surface area contributed by atoms with E-state index in [4.69, 9.17) is 28.2 Å². The average molecular weight is 461 g/mol. The summed E-state index contributed by atoms with van der Waals surface area (Å²) in [6, 6.07) is 7.30. The molecule has 3 N–H and O–H groups in total. The fourth-order valence-electron chi connectivity index (χ4n) is 3.89. The first-order chi connectivity index (χ1) is 15.0. The first kappa shape index (κ1) is 21.7. The highest BCUT2D eigenvalue weighted by molar-refractivity contribution is 6.35. The molecule has 1 amide bonds. The third-order valence-electron chi connectivity index (χ3n) is 5.36. The van der Waals surface area contributed by atoms with Gasteiger partial charge in [-0.3, -0.25) is 4.79 Å². The SMILES string of the molecule is CCCc1nc(N[C@H]2CCCN(C(=O)CNc3cc(Cl)cc(Cl)c3)C2)c2cc[nH]c2n1. The summed E-state index contributed by atoms with van der Waals surface area (Å²) in [7, 11) is 0. The van der Waals surface area contributed by atoms with Crippen molar-refractivity contribution in [3.63, 3.8) is 0 Å². The highest BCUT2D eigenvalue weighted by Gasteiger charge is 2.24. The first-order valence-corrected chi connectivity index (χ1v) is 11.4. The summed E-state index contributed by atoms with van der Waals surface area (Å²) in [5.41, 5.74) is 1.57. The molecule has 9 heteroatoms. The molecule has 1 atom stereocenters. The number of nitrogens with zero attached hydrogens (tertiary/aromatic N) is 3. The lowest BCUT2D eigenvalue weighted by Crippen LogP contribution is -2.47.